The van der Waals surface area contributed by atoms with E-state index in [9.17, 15) is 0 Å². The van der Waals surface area contributed by atoms with E-state index in [4.69, 9.17) is 21.7 Å². The monoisotopic (exact) mass is 386 g/mol. The molecule has 7 heteroatoms. The zero-order chi connectivity index (χ0) is 18.7. The summed E-state index contributed by atoms with van der Waals surface area (Å²) in [6, 6.07) is 15.0. The maximum atomic E-state index is 8.21. The van der Waals surface area contributed by atoms with Crippen LogP contribution in [0.5, 0.6) is 5.75 Å². The first-order valence-corrected chi connectivity index (χ1v) is 9.12. The van der Waals surface area contributed by atoms with Gasteiger partial charge in [0.25, 0.3) is 0 Å². The first kappa shape index (κ1) is 18.2. The molecule has 0 unspecified atom stereocenters. The molecule has 0 radical (unpaired) electrons. The van der Waals surface area contributed by atoms with Crippen molar-refractivity contribution in [1.82, 2.24) is 3.96 Å². The number of rotatable bonds is 3. The van der Waals surface area contributed by atoms with Gasteiger partial charge < -0.3 is 10.1 Å². The van der Waals surface area contributed by atoms with Gasteiger partial charge in [-0.15, -0.1) is 0 Å². The number of anilines is 1. The van der Waals surface area contributed by atoms with Gasteiger partial charge in [-0.2, -0.15) is 0 Å². The molecule has 1 heterocycles. The smallest absolute Gasteiger partial charge is 0.223 e. The summed E-state index contributed by atoms with van der Waals surface area (Å²) in [6.07, 6.45) is 0. The van der Waals surface area contributed by atoms with Gasteiger partial charge in [-0.05, 0) is 49.7 Å². The molecule has 134 valence electrons. The number of nitrogens with one attached hydrogen (secondary N) is 2. The molecule has 2 N–H and O–H groups in total. The molecule has 0 saturated carbocycles. The van der Waals surface area contributed by atoms with E-state index in [2.05, 4.69) is 10.3 Å². The molecule has 0 saturated heterocycles. The van der Waals surface area contributed by atoms with Crippen LogP contribution in [0, 0.1) is 19.3 Å². The van der Waals surface area contributed by atoms with Gasteiger partial charge >= 0.3 is 0 Å². The number of aromatic nitrogens is 1. The van der Waals surface area contributed by atoms with Gasteiger partial charge in [0.05, 0.1) is 12.8 Å². The predicted molar refractivity (Wildman–Crippen MR) is 108 cm³/mol. The average molecular weight is 387 g/mol. The van der Waals surface area contributed by atoms with Crippen molar-refractivity contribution in [3.05, 3.63) is 69.5 Å². The van der Waals surface area contributed by atoms with Crippen molar-refractivity contribution in [2.75, 3.05) is 12.4 Å². The largest absolute Gasteiger partial charge is 0.497 e. The van der Waals surface area contributed by atoms with E-state index in [0.717, 1.165) is 21.9 Å². The third kappa shape index (κ3) is 4.15. The van der Waals surface area contributed by atoms with Crippen LogP contribution < -0.4 is 15.5 Å². The lowest BCUT2D eigenvalue weighted by atomic mass is 10.2. The maximum Gasteiger partial charge on any atom is 0.223 e. The fourth-order valence-electron chi connectivity index (χ4n) is 2.36. The number of methoxy groups -OCH3 is 1. The summed E-state index contributed by atoms with van der Waals surface area (Å²) in [5.41, 5.74) is 2.89. The van der Waals surface area contributed by atoms with E-state index in [1.807, 2.05) is 56.3 Å². The minimum atomic E-state index is 0.361. The molecule has 0 aliphatic rings. The zero-order valence-electron chi connectivity index (χ0n) is 14.7. The van der Waals surface area contributed by atoms with Crippen LogP contribution in [-0.4, -0.2) is 17.0 Å². The lowest BCUT2D eigenvalue weighted by Crippen LogP contribution is -2.28. The van der Waals surface area contributed by atoms with Crippen LogP contribution in [0.1, 0.15) is 10.4 Å². The Morgan fingerprint density at radius 1 is 1.19 bits per heavy atom. The molecule has 1 aromatic heterocycles. The molecule has 5 nitrogen and oxygen atoms in total. The number of hydrogen-bond donors (Lipinski definition) is 2. The molecule has 0 bridgehead atoms. The molecular weight excluding hydrogens is 368 g/mol. The van der Waals surface area contributed by atoms with Crippen LogP contribution in [0.2, 0.25) is 5.02 Å². The molecule has 26 heavy (non-hydrogen) atoms. The van der Waals surface area contributed by atoms with Gasteiger partial charge in [0, 0.05) is 21.7 Å². The Morgan fingerprint density at radius 2 is 2.00 bits per heavy atom. The van der Waals surface area contributed by atoms with Crippen LogP contribution >= 0.6 is 23.1 Å². The van der Waals surface area contributed by atoms with Crippen molar-refractivity contribution < 1.29 is 4.74 Å². The molecule has 3 aromatic rings. The van der Waals surface area contributed by atoms with Crippen LogP contribution in [0.3, 0.4) is 0 Å². The lowest BCUT2D eigenvalue weighted by molar-refractivity contribution is 0.415. The standard InChI is InChI=1S/C19H19ClN4OS/c1-12-7-8-15(11-17(12)20)23-19(24-18(21)9-13(2)26-24)22-14-5-4-6-16(10-14)25-3/h4-11,21H,1-3H3,(H,22,23). The van der Waals surface area contributed by atoms with Gasteiger partial charge in [-0.3, -0.25) is 5.41 Å². The average Bonchev–Trinajstić information content (AvgIpc) is 2.96. The molecule has 0 aliphatic carbocycles. The molecule has 0 spiro atoms. The van der Waals surface area contributed by atoms with Gasteiger partial charge in [-0.25, -0.2) is 8.95 Å². The summed E-state index contributed by atoms with van der Waals surface area (Å²) in [7, 11) is 1.63. The summed E-state index contributed by atoms with van der Waals surface area (Å²) < 4.78 is 7.02. The zero-order valence-corrected chi connectivity index (χ0v) is 16.3. The lowest BCUT2D eigenvalue weighted by Gasteiger charge is -2.12. The molecule has 0 atom stereocenters. The highest BCUT2D eigenvalue weighted by Crippen LogP contribution is 2.23. The van der Waals surface area contributed by atoms with Crippen molar-refractivity contribution in [3.63, 3.8) is 0 Å². The first-order chi connectivity index (χ1) is 12.5. The third-order valence-electron chi connectivity index (χ3n) is 3.70. The Hall–Kier alpha value is -2.57. The summed E-state index contributed by atoms with van der Waals surface area (Å²) in [5.74, 6) is 1.27. The van der Waals surface area contributed by atoms with E-state index in [0.29, 0.717) is 22.2 Å². The summed E-state index contributed by atoms with van der Waals surface area (Å²) in [6.45, 7) is 3.91. The highest BCUT2D eigenvalue weighted by atomic mass is 35.5. The number of nitrogens with zero attached hydrogens (tertiary/aromatic N) is 2. The molecule has 2 aromatic carbocycles. The number of ether oxygens (including phenoxy) is 1. The third-order valence-corrected chi connectivity index (χ3v) is 5.07. The number of hydrogen-bond acceptors (Lipinski definition) is 4. The van der Waals surface area contributed by atoms with Gasteiger partial charge in [0.1, 0.15) is 11.2 Å². The number of halogens is 1. The second kappa shape index (κ2) is 7.76. The quantitative estimate of drug-likeness (QED) is 0.493. The van der Waals surface area contributed by atoms with Crippen LogP contribution in [0.4, 0.5) is 11.4 Å². The van der Waals surface area contributed by atoms with Crippen LogP contribution in [0.25, 0.3) is 0 Å². The molecular formula is C19H19ClN4OS. The Kier molecular flexibility index (Phi) is 5.44. The summed E-state index contributed by atoms with van der Waals surface area (Å²) in [4.78, 5) is 5.71. The fourth-order valence-corrected chi connectivity index (χ4v) is 3.31. The minimum Gasteiger partial charge on any atom is -0.497 e. The normalized spacial score (nSPS) is 11.5. The minimum absolute atomic E-state index is 0.361. The van der Waals surface area contributed by atoms with Crippen LogP contribution in [-0.2, 0) is 0 Å². The van der Waals surface area contributed by atoms with E-state index < -0.39 is 0 Å². The molecule has 0 amide bonds. The second-order valence-corrected chi connectivity index (χ2v) is 7.35. The number of benzene rings is 2. The predicted octanol–water partition coefficient (Wildman–Crippen LogP) is 4.96. The fraction of sp³-hybridized carbons (Fsp3) is 0.158. The van der Waals surface area contributed by atoms with E-state index in [1.54, 1.807) is 17.1 Å². The summed E-state index contributed by atoms with van der Waals surface area (Å²) >= 11 is 7.68. The molecule has 0 fully saturated rings. The Balaban J connectivity index is 2.06. The van der Waals surface area contributed by atoms with Crippen LogP contribution in [0.15, 0.2) is 53.5 Å². The maximum absolute atomic E-state index is 8.21. The second-order valence-electron chi connectivity index (χ2n) is 5.75. The van der Waals surface area contributed by atoms with Crippen molar-refractivity contribution in [3.8, 4) is 5.75 Å². The van der Waals surface area contributed by atoms with Crippen molar-refractivity contribution in [1.29, 1.82) is 5.41 Å². The number of aryl methyl sites for hydroxylation is 2. The van der Waals surface area contributed by atoms with Crippen molar-refractivity contribution >= 4 is 40.5 Å². The van der Waals surface area contributed by atoms with Crippen molar-refractivity contribution in [2.24, 2.45) is 4.99 Å². The van der Waals surface area contributed by atoms with E-state index in [1.165, 1.54) is 11.5 Å². The van der Waals surface area contributed by atoms with E-state index >= 15 is 0 Å². The first-order valence-electron chi connectivity index (χ1n) is 7.97. The van der Waals surface area contributed by atoms with Gasteiger partial charge in [-0.1, -0.05) is 35.3 Å². The van der Waals surface area contributed by atoms with E-state index in [-0.39, 0.29) is 0 Å². The Bertz CT molecular complexity index is 1020. The highest BCUT2D eigenvalue weighted by molar-refractivity contribution is 7.07. The number of aliphatic imine (C=N–C) groups is 1. The molecule has 0 aliphatic heterocycles. The van der Waals surface area contributed by atoms with Crippen molar-refractivity contribution in [2.45, 2.75) is 13.8 Å². The Labute approximate surface area is 161 Å². The van der Waals surface area contributed by atoms with Gasteiger partial charge in [0.2, 0.25) is 5.96 Å². The molecule has 3 rings (SSSR count). The SMILES string of the molecule is COc1cccc(NC(=Nc2ccc(C)c(Cl)c2)n2sc(C)cc2=N)c1. The Morgan fingerprint density at radius 3 is 2.65 bits per heavy atom. The summed E-state index contributed by atoms with van der Waals surface area (Å²) in [5, 5.41) is 12.2. The van der Waals surface area contributed by atoms with Gasteiger partial charge in [0.15, 0.2) is 0 Å². The highest BCUT2D eigenvalue weighted by Gasteiger charge is 2.09. The topological polar surface area (TPSA) is 62.4 Å².